The van der Waals surface area contributed by atoms with Crippen molar-refractivity contribution < 1.29 is 19.1 Å². The van der Waals surface area contributed by atoms with E-state index in [1.54, 1.807) is 0 Å². The standard InChI is InChI=1S/C17H25N3O4/c1-12(2)20-15(21)8-9-19-17(23)14(18)10-16(22)24-11-13-6-4-3-5-7-13/h3-7,12,14H,8-11,18H2,1-2H3,(H,19,23)(H,20,21)/t14-/m0/s1. The topological polar surface area (TPSA) is 111 Å². The van der Waals surface area contributed by atoms with Crippen LogP contribution in [0.2, 0.25) is 0 Å². The zero-order valence-electron chi connectivity index (χ0n) is 14.1. The first-order chi connectivity index (χ1) is 11.4. The van der Waals surface area contributed by atoms with E-state index in [0.29, 0.717) is 0 Å². The van der Waals surface area contributed by atoms with Gasteiger partial charge in [0.05, 0.1) is 12.5 Å². The summed E-state index contributed by atoms with van der Waals surface area (Å²) in [5, 5.41) is 5.25. The molecule has 2 amide bonds. The van der Waals surface area contributed by atoms with E-state index < -0.39 is 17.9 Å². The molecular weight excluding hydrogens is 310 g/mol. The quantitative estimate of drug-likeness (QED) is 0.569. The van der Waals surface area contributed by atoms with Gasteiger partial charge in [-0.15, -0.1) is 0 Å². The van der Waals surface area contributed by atoms with Gasteiger partial charge in [-0.25, -0.2) is 0 Å². The summed E-state index contributed by atoms with van der Waals surface area (Å²) in [5.41, 5.74) is 6.53. The monoisotopic (exact) mass is 335 g/mol. The van der Waals surface area contributed by atoms with E-state index in [2.05, 4.69) is 10.6 Å². The van der Waals surface area contributed by atoms with Gasteiger partial charge in [0, 0.05) is 19.0 Å². The Morgan fingerprint density at radius 2 is 1.83 bits per heavy atom. The number of carbonyl (C=O) groups excluding carboxylic acids is 3. The third-order valence-corrected chi connectivity index (χ3v) is 3.07. The highest BCUT2D eigenvalue weighted by molar-refractivity contribution is 5.86. The van der Waals surface area contributed by atoms with Crippen molar-refractivity contribution in [2.24, 2.45) is 5.73 Å². The van der Waals surface area contributed by atoms with Crippen LogP contribution in [0.15, 0.2) is 30.3 Å². The third-order valence-electron chi connectivity index (χ3n) is 3.07. The summed E-state index contributed by atoms with van der Waals surface area (Å²) in [5.74, 6) is -1.18. The molecule has 0 saturated carbocycles. The molecule has 4 N–H and O–H groups in total. The van der Waals surface area contributed by atoms with Crippen molar-refractivity contribution in [1.82, 2.24) is 10.6 Å². The first-order valence-corrected chi connectivity index (χ1v) is 7.90. The summed E-state index contributed by atoms with van der Waals surface area (Å²) in [4.78, 5) is 34.9. The number of hydrogen-bond acceptors (Lipinski definition) is 5. The predicted molar refractivity (Wildman–Crippen MR) is 89.7 cm³/mol. The van der Waals surface area contributed by atoms with E-state index in [0.717, 1.165) is 5.56 Å². The zero-order chi connectivity index (χ0) is 17.9. The first-order valence-electron chi connectivity index (χ1n) is 7.90. The van der Waals surface area contributed by atoms with Gasteiger partial charge in [-0.2, -0.15) is 0 Å². The second-order valence-corrected chi connectivity index (χ2v) is 5.72. The molecule has 0 heterocycles. The van der Waals surface area contributed by atoms with Crippen LogP contribution in [0.1, 0.15) is 32.3 Å². The molecule has 0 radical (unpaired) electrons. The van der Waals surface area contributed by atoms with Gasteiger partial charge in [-0.05, 0) is 19.4 Å². The van der Waals surface area contributed by atoms with Gasteiger partial charge in [0.1, 0.15) is 6.61 Å². The first kappa shape index (κ1) is 19.6. The molecule has 0 unspecified atom stereocenters. The Morgan fingerprint density at radius 3 is 2.46 bits per heavy atom. The average Bonchev–Trinajstić information content (AvgIpc) is 2.53. The normalized spacial score (nSPS) is 11.7. The van der Waals surface area contributed by atoms with Gasteiger partial charge in [0.15, 0.2) is 0 Å². The Balaban J connectivity index is 2.23. The van der Waals surface area contributed by atoms with Gasteiger partial charge in [-0.1, -0.05) is 30.3 Å². The molecule has 0 aliphatic heterocycles. The Kier molecular flexibility index (Phi) is 8.49. The molecule has 0 bridgehead atoms. The predicted octanol–water partition coefficient (Wildman–Crippen LogP) is 0.478. The molecule has 24 heavy (non-hydrogen) atoms. The molecular formula is C17H25N3O4. The molecule has 1 rings (SSSR count). The molecule has 1 aromatic carbocycles. The van der Waals surface area contributed by atoms with E-state index in [9.17, 15) is 14.4 Å². The van der Waals surface area contributed by atoms with Crippen LogP contribution in [0.5, 0.6) is 0 Å². The zero-order valence-corrected chi connectivity index (χ0v) is 14.1. The molecule has 7 heteroatoms. The molecule has 7 nitrogen and oxygen atoms in total. The molecule has 0 saturated heterocycles. The molecule has 0 fully saturated rings. The highest BCUT2D eigenvalue weighted by Gasteiger charge is 2.18. The van der Waals surface area contributed by atoms with Gasteiger partial charge < -0.3 is 21.1 Å². The minimum atomic E-state index is -0.999. The second-order valence-electron chi connectivity index (χ2n) is 5.72. The number of carbonyl (C=O) groups is 3. The fraction of sp³-hybridized carbons (Fsp3) is 0.471. The maximum Gasteiger partial charge on any atom is 0.308 e. The summed E-state index contributed by atoms with van der Waals surface area (Å²) in [6.07, 6.45) is -0.0497. The number of nitrogens with one attached hydrogen (secondary N) is 2. The lowest BCUT2D eigenvalue weighted by Gasteiger charge is -2.12. The van der Waals surface area contributed by atoms with E-state index in [1.807, 2.05) is 44.2 Å². The fourth-order valence-corrected chi connectivity index (χ4v) is 1.89. The van der Waals surface area contributed by atoms with Gasteiger partial charge >= 0.3 is 5.97 Å². The van der Waals surface area contributed by atoms with E-state index in [1.165, 1.54) is 0 Å². The smallest absolute Gasteiger partial charge is 0.308 e. The lowest BCUT2D eigenvalue weighted by molar-refractivity contribution is -0.146. The maximum atomic E-state index is 11.8. The summed E-state index contributed by atoms with van der Waals surface area (Å²) in [7, 11) is 0. The highest BCUT2D eigenvalue weighted by Crippen LogP contribution is 2.02. The van der Waals surface area contributed by atoms with Crippen molar-refractivity contribution in [1.29, 1.82) is 0 Å². The number of esters is 1. The Labute approximate surface area is 141 Å². The number of rotatable bonds is 9. The third kappa shape index (κ3) is 8.28. The van der Waals surface area contributed by atoms with Crippen molar-refractivity contribution >= 4 is 17.8 Å². The van der Waals surface area contributed by atoms with Crippen LogP contribution in [0.3, 0.4) is 0 Å². The van der Waals surface area contributed by atoms with E-state index in [-0.39, 0.29) is 37.9 Å². The summed E-state index contributed by atoms with van der Waals surface area (Å²) < 4.78 is 5.07. The van der Waals surface area contributed by atoms with Crippen molar-refractivity contribution in [2.75, 3.05) is 6.54 Å². The fourth-order valence-electron chi connectivity index (χ4n) is 1.89. The minimum absolute atomic E-state index is 0.0508. The maximum absolute atomic E-state index is 11.8. The Hall–Kier alpha value is -2.41. The van der Waals surface area contributed by atoms with Crippen LogP contribution < -0.4 is 16.4 Å². The summed E-state index contributed by atoms with van der Waals surface area (Å²) in [6, 6.07) is 8.28. The van der Waals surface area contributed by atoms with Gasteiger partial charge in [-0.3, -0.25) is 14.4 Å². The SMILES string of the molecule is CC(C)NC(=O)CCNC(=O)[C@@H](N)CC(=O)OCc1ccccc1. The molecule has 0 spiro atoms. The largest absolute Gasteiger partial charge is 0.461 e. The summed E-state index contributed by atoms with van der Waals surface area (Å²) >= 11 is 0. The van der Waals surface area contributed by atoms with Crippen molar-refractivity contribution in [2.45, 2.75) is 45.4 Å². The van der Waals surface area contributed by atoms with Crippen LogP contribution in [0.25, 0.3) is 0 Å². The van der Waals surface area contributed by atoms with Crippen LogP contribution in [0, 0.1) is 0 Å². The van der Waals surface area contributed by atoms with E-state index >= 15 is 0 Å². The van der Waals surface area contributed by atoms with Crippen molar-refractivity contribution in [3.8, 4) is 0 Å². The Morgan fingerprint density at radius 1 is 1.17 bits per heavy atom. The average molecular weight is 335 g/mol. The summed E-state index contributed by atoms with van der Waals surface area (Å²) in [6.45, 7) is 4.02. The number of benzene rings is 1. The van der Waals surface area contributed by atoms with Crippen LogP contribution in [-0.2, 0) is 25.7 Å². The Bertz CT molecular complexity index is 546. The lowest BCUT2D eigenvalue weighted by atomic mass is 10.2. The lowest BCUT2D eigenvalue weighted by Crippen LogP contribution is -2.43. The molecule has 0 aromatic heterocycles. The van der Waals surface area contributed by atoms with Crippen LogP contribution >= 0.6 is 0 Å². The number of ether oxygens (including phenoxy) is 1. The molecule has 132 valence electrons. The number of nitrogens with two attached hydrogens (primary N) is 1. The minimum Gasteiger partial charge on any atom is -0.461 e. The van der Waals surface area contributed by atoms with E-state index in [4.69, 9.17) is 10.5 Å². The molecule has 0 aliphatic rings. The van der Waals surface area contributed by atoms with Gasteiger partial charge in [0.25, 0.3) is 0 Å². The van der Waals surface area contributed by atoms with Crippen molar-refractivity contribution in [3.05, 3.63) is 35.9 Å². The van der Waals surface area contributed by atoms with Crippen LogP contribution in [0.4, 0.5) is 0 Å². The molecule has 1 atom stereocenters. The molecule has 0 aliphatic carbocycles. The number of hydrogen-bond donors (Lipinski definition) is 3. The molecule has 1 aromatic rings. The van der Waals surface area contributed by atoms with Crippen LogP contribution in [-0.4, -0.2) is 36.4 Å². The second kappa shape index (κ2) is 10.4. The highest BCUT2D eigenvalue weighted by atomic mass is 16.5. The van der Waals surface area contributed by atoms with Crippen molar-refractivity contribution in [3.63, 3.8) is 0 Å². The number of amides is 2. The van der Waals surface area contributed by atoms with Gasteiger partial charge in [0.2, 0.25) is 11.8 Å².